The number of hydrogen-bond acceptors (Lipinski definition) is 3. The topological polar surface area (TPSA) is 52.7 Å². The molecule has 138 valence electrons. The Balaban J connectivity index is 1.99. The molecule has 2 aromatic rings. The van der Waals surface area contributed by atoms with Crippen LogP contribution in [0.25, 0.3) is 0 Å². The van der Waals surface area contributed by atoms with Crippen LogP contribution < -0.4 is 5.32 Å². The molecule has 5 heteroatoms. The van der Waals surface area contributed by atoms with Crippen LogP contribution in [0, 0.1) is 0 Å². The zero-order valence-electron chi connectivity index (χ0n) is 15.7. The molecule has 0 aliphatic heterocycles. The molecule has 0 aliphatic rings. The maximum Gasteiger partial charge on any atom is 0.253 e. The lowest BCUT2D eigenvalue weighted by atomic mass is 10.1. The van der Waals surface area contributed by atoms with E-state index in [2.05, 4.69) is 5.32 Å². The average Bonchev–Trinajstić information content (AvgIpc) is 2.67. The van der Waals surface area contributed by atoms with Gasteiger partial charge in [-0.25, -0.2) is 0 Å². The molecule has 2 amide bonds. The molecule has 0 aliphatic carbocycles. The molecule has 0 unspecified atom stereocenters. The maximum absolute atomic E-state index is 12.7. The Kier molecular flexibility index (Phi) is 7.21. The Morgan fingerprint density at radius 3 is 2.31 bits per heavy atom. The lowest BCUT2D eigenvalue weighted by Crippen LogP contribution is -2.35. The Bertz CT molecular complexity index is 727. The standard InChI is InChI=1S/C21H27N3O2/c1-4-24(5-2)20(25)15-22-19-13-9-12-18(14-19)21(26)23(3)16-17-10-7-6-8-11-17/h6-14,22H,4-5,15-16H2,1-3H3. The molecule has 0 radical (unpaired) electrons. The van der Waals surface area contributed by atoms with Crippen molar-refractivity contribution in [3.63, 3.8) is 0 Å². The Labute approximate surface area is 155 Å². The van der Waals surface area contributed by atoms with E-state index < -0.39 is 0 Å². The molecule has 0 saturated carbocycles. The number of nitrogens with one attached hydrogen (secondary N) is 1. The second-order valence-corrected chi connectivity index (χ2v) is 6.15. The molecular weight excluding hydrogens is 326 g/mol. The molecule has 26 heavy (non-hydrogen) atoms. The second kappa shape index (κ2) is 9.61. The van der Waals surface area contributed by atoms with Gasteiger partial charge in [0.25, 0.3) is 5.91 Å². The third kappa shape index (κ3) is 5.34. The number of amides is 2. The van der Waals surface area contributed by atoms with Crippen LogP contribution in [-0.4, -0.2) is 48.3 Å². The minimum atomic E-state index is -0.0485. The van der Waals surface area contributed by atoms with E-state index in [0.717, 1.165) is 11.3 Å². The summed E-state index contributed by atoms with van der Waals surface area (Å²) in [7, 11) is 1.79. The van der Waals surface area contributed by atoms with Crippen LogP contribution in [0.5, 0.6) is 0 Å². The van der Waals surface area contributed by atoms with E-state index in [1.165, 1.54) is 0 Å². The van der Waals surface area contributed by atoms with Gasteiger partial charge in [0.2, 0.25) is 5.91 Å². The highest BCUT2D eigenvalue weighted by molar-refractivity contribution is 5.95. The summed E-state index contributed by atoms with van der Waals surface area (Å²) in [5.41, 5.74) is 2.45. The summed E-state index contributed by atoms with van der Waals surface area (Å²) >= 11 is 0. The van der Waals surface area contributed by atoms with E-state index in [4.69, 9.17) is 0 Å². The SMILES string of the molecule is CCN(CC)C(=O)CNc1cccc(C(=O)N(C)Cc2ccccc2)c1. The van der Waals surface area contributed by atoms with Crippen molar-refractivity contribution in [2.75, 3.05) is 32.0 Å². The van der Waals surface area contributed by atoms with Crippen molar-refractivity contribution >= 4 is 17.5 Å². The fraction of sp³-hybridized carbons (Fsp3) is 0.333. The zero-order valence-corrected chi connectivity index (χ0v) is 15.7. The highest BCUT2D eigenvalue weighted by Crippen LogP contribution is 2.14. The molecule has 5 nitrogen and oxygen atoms in total. The summed E-state index contributed by atoms with van der Waals surface area (Å²) in [4.78, 5) is 28.2. The van der Waals surface area contributed by atoms with Gasteiger partial charge in [0, 0.05) is 37.9 Å². The van der Waals surface area contributed by atoms with E-state index in [1.54, 1.807) is 29.0 Å². The largest absolute Gasteiger partial charge is 0.376 e. The van der Waals surface area contributed by atoms with E-state index in [-0.39, 0.29) is 18.4 Å². The summed E-state index contributed by atoms with van der Waals surface area (Å²) in [6, 6.07) is 17.2. The number of rotatable bonds is 8. The van der Waals surface area contributed by atoms with Gasteiger partial charge < -0.3 is 15.1 Å². The van der Waals surface area contributed by atoms with Gasteiger partial charge in [-0.2, -0.15) is 0 Å². The van der Waals surface area contributed by atoms with Crippen molar-refractivity contribution in [1.82, 2.24) is 9.80 Å². The Morgan fingerprint density at radius 1 is 0.962 bits per heavy atom. The monoisotopic (exact) mass is 353 g/mol. The highest BCUT2D eigenvalue weighted by atomic mass is 16.2. The molecular formula is C21H27N3O2. The fourth-order valence-corrected chi connectivity index (χ4v) is 2.78. The highest BCUT2D eigenvalue weighted by Gasteiger charge is 2.13. The van der Waals surface area contributed by atoms with Gasteiger partial charge in [-0.1, -0.05) is 36.4 Å². The van der Waals surface area contributed by atoms with E-state index >= 15 is 0 Å². The van der Waals surface area contributed by atoms with Crippen molar-refractivity contribution in [2.24, 2.45) is 0 Å². The van der Waals surface area contributed by atoms with Crippen molar-refractivity contribution in [3.8, 4) is 0 Å². The number of benzene rings is 2. The first-order chi connectivity index (χ1) is 12.5. The fourth-order valence-electron chi connectivity index (χ4n) is 2.78. The first-order valence-electron chi connectivity index (χ1n) is 8.96. The average molecular weight is 353 g/mol. The molecule has 0 heterocycles. The van der Waals surface area contributed by atoms with Crippen molar-refractivity contribution in [2.45, 2.75) is 20.4 Å². The van der Waals surface area contributed by atoms with Crippen LogP contribution >= 0.6 is 0 Å². The van der Waals surface area contributed by atoms with Crippen LogP contribution in [0.15, 0.2) is 54.6 Å². The summed E-state index contributed by atoms with van der Waals surface area (Å²) in [5, 5.41) is 3.12. The molecule has 1 N–H and O–H groups in total. The Morgan fingerprint density at radius 2 is 1.65 bits per heavy atom. The van der Waals surface area contributed by atoms with Gasteiger partial charge in [0.15, 0.2) is 0 Å². The minimum Gasteiger partial charge on any atom is -0.376 e. The molecule has 0 spiro atoms. The lowest BCUT2D eigenvalue weighted by molar-refractivity contribution is -0.128. The molecule has 0 saturated heterocycles. The van der Waals surface area contributed by atoms with Gasteiger partial charge in [-0.05, 0) is 37.6 Å². The smallest absolute Gasteiger partial charge is 0.253 e. The number of nitrogens with zero attached hydrogens (tertiary/aromatic N) is 2. The quantitative estimate of drug-likeness (QED) is 0.793. The summed E-state index contributed by atoms with van der Waals surface area (Å²) in [5.74, 6) is 0.000461. The number of anilines is 1. The molecule has 0 bridgehead atoms. The molecule has 2 aromatic carbocycles. The predicted molar refractivity (Wildman–Crippen MR) is 105 cm³/mol. The predicted octanol–water partition coefficient (Wildman–Crippen LogP) is 3.24. The van der Waals surface area contributed by atoms with Crippen molar-refractivity contribution < 1.29 is 9.59 Å². The third-order valence-corrected chi connectivity index (χ3v) is 4.28. The lowest BCUT2D eigenvalue weighted by Gasteiger charge is -2.20. The third-order valence-electron chi connectivity index (χ3n) is 4.28. The van der Waals surface area contributed by atoms with E-state index in [9.17, 15) is 9.59 Å². The minimum absolute atomic E-state index is 0.0485. The first-order valence-corrected chi connectivity index (χ1v) is 8.96. The zero-order chi connectivity index (χ0) is 18.9. The number of carbonyl (C=O) groups is 2. The van der Waals surface area contributed by atoms with Crippen LogP contribution in [0.1, 0.15) is 29.8 Å². The number of carbonyl (C=O) groups excluding carboxylic acids is 2. The Hall–Kier alpha value is -2.82. The van der Waals surface area contributed by atoms with Crippen LogP contribution in [0.4, 0.5) is 5.69 Å². The molecule has 0 fully saturated rings. The van der Waals surface area contributed by atoms with Gasteiger partial charge in [0.1, 0.15) is 0 Å². The molecule has 0 aromatic heterocycles. The van der Waals surface area contributed by atoms with Gasteiger partial charge >= 0.3 is 0 Å². The van der Waals surface area contributed by atoms with Crippen LogP contribution in [0.2, 0.25) is 0 Å². The van der Waals surface area contributed by atoms with E-state index in [1.807, 2.05) is 56.3 Å². The summed E-state index contributed by atoms with van der Waals surface area (Å²) in [6.45, 7) is 6.09. The van der Waals surface area contributed by atoms with Crippen LogP contribution in [-0.2, 0) is 11.3 Å². The normalized spacial score (nSPS) is 10.3. The number of likely N-dealkylation sites (N-methyl/N-ethyl adjacent to an activating group) is 1. The van der Waals surface area contributed by atoms with Gasteiger partial charge in [-0.15, -0.1) is 0 Å². The van der Waals surface area contributed by atoms with Gasteiger partial charge in [-0.3, -0.25) is 9.59 Å². The van der Waals surface area contributed by atoms with Crippen molar-refractivity contribution in [3.05, 3.63) is 65.7 Å². The van der Waals surface area contributed by atoms with E-state index in [0.29, 0.717) is 25.2 Å². The molecule has 0 atom stereocenters. The van der Waals surface area contributed by atoms with Crippen LogP contribution in [0.3, 0.4) is 0 Å². The van der Waals surface area contributed by atoms with Crippen molar-refractivity contribution in [1.29, 1.82) is 0 Å². The summed E-state index contributed by atoms with van der Waals surface area (Å²) < 4.78 is 0. The number of hydrogen-bond donors (Lipinski definition) is 1. The maximum atomic E-state index is 12.7. The second-order valence-electron chi connectivity index (χ2n) is 6.15. The van der Waals surface area contributed by atoms with Gasteiger partial charge in [0.05, 0.1) is 6.54 Å². The summed E-state index contributed by atoms with van der Waals surface area (Å²) in [6.07, 6.45) is 0. The molecule has 2 rings (SSSR count). The first kappa shape index (κ1) is 19.5.